The lowest BCUT2D eigenvalue weighted by Crippen LogP contribution is -2.35. The molecule has 7 nitrogen and oxygen atoms in total. The van der Waals surface area contributed by atoms with E-state index in [4.69, 9.17) is 15.3 Å². The maximum Gasteiger partial charge on any atom is 0.453 e. The van der Waals surface area contributed by atoms with Gasteiger partial charge in [-0.3, -0.25) is 0 Å². The summed E-state index contributed by atoms with van der Waals surface area (Å²) in [5, 5.41) is 31.0. The van der Waals surface area contributed by atoms with Crippen LogP contribution in [-0.4, -0.2) is 36.1 Å². The first-order chi connectivity index (χ1) is 8.44. The fourth-order valence-electron chi connectivity index (χ4n) is 1.75. The lowest BCUT2D eigenvalue weighted by molar-refractivity contribution is -0.419. The largest absolute Gasteiger partial charge is 0.453 e. The highest BCUT2D eigenvalue weighted by Crippen LogP contribution is 2.43. The van der Waals surface area contributed by atoms with E-state index in [1.807, 2.05) is 0 Å². The predicted octanol–water partition coefficient (Wildman–Crippen LogP) is 0.336. The van der Waals surface area contributed by atoms with Gasteiger partial charge in [-0.25, -0.2) is 9.50 Å². The highest BCUT2D eigenvalue weighted by Gasteiger charge is 2.33. The minimum atomic E-state index is -3.21. The van der Waals surface area contributed by atoms with Gasteiger partial charge in [0.15, 0.2) is 11.4 Å². The fourth-order valence-corrected chi connectivity index (χ4v) is 2.12. The summed E-state index contributed by atoms with van der Waals surface area (Å²) < 4.78 is 6.95. The van der Waals surface area contributed by atoms with Gasteiger partial charge in [-0.15, -0.1) is 0 Å². The number of ether oxygens (including phenoxy) is 1. The zero-order valence-electron chi connectivity index (χ0n) is 9.12. The van der Waals surface area contributed by atoms with Crippen LogP contribution in [0.1, 0.15) is 24.5 Å². The van der Waals surface area contributed by atoms with E-state index in [1.54, 1.807) is 10.7 Å². The summed E-state index contributed by atoms with van der Waals surface area (Å²) in [6.07, 6.45) is 0.271. The van der Waals surface area contributed by atoms with Crippen LogP contribution < -0.4 is 4.74 Å². The van der Waals surface area contributed by atoms with E-state index in [1.165, 1.54) is 6.07 Å². The summed E-state index contributed by atoms with van der Waals surface area (Å²) in [7, 11) is 0. The first kappa shape index (κ1) is 11.8. The first-order valence-electron chi connectivity index (χ1n) is 5.34. The topological polar surface area (TPSA) is 100 Å². The third kappa shape index (κ3) is 2.19. The van der Waals surface area contributed by atoms with E-state index in [-0.39, 0.29) is 11.7 Å². The molecule has 3 N–H and O–H groups in total. The molecule has 96 valence electrons. The van der Waals surface area contributed by atoms with Crippen LogP contribution in [0, 0.1) is 0 Å². The monoisotopic (exact) mass is 315 g/mol. The Morgan fingerprint density at radius 3 is 2.72 bits per heavy atom. The van der Waals surface area contributed by atoms with Crippen molar-refractivity contribution in [2.75, 3.05) is 0 Å². The normalized spacial score (nSPS) is 16.2. The second kappa shape index (κ2) is 3.89. The molecule has 0 saturated heterocycles. The van der Waals surface area contributed by atoms with Crippen molar-refractivity contribution in [1.29, 1.82) is 0 Å². The number of nitrogens with zero attached hydrogens (tertiary/aromatic N) is 3. The Kier molecular flexibility index (Phi) is 2.56. The summed E-state index contributed by atoms with van der Waals surface area (Å²) in [6, 6.07) is 1.50. The lowest BCUT2D eigenvalue weighted by atomic mass is 10.2. The van der Waals surface area contributed by atoms with Gasteiger partial charge in [-0.2, -0.15) is 5.10 Å². The minimum absolute atomic E-state index is 0.121. The number of rotatable bonds is 3. The van der Waals surface area contributed by atoms with E-state index in [2.05, 4.69) is 30.7 Å². The highest BCUT2D eigenvalue weighted by molar-refractivity contribution is 9.10. The van der Waals surface area contributed by atoms with Crippen molar-refractivity contribution in [3.8, 4) is 5.75 Å². The predicted molar refractivity (Wildman–Crippen MR) is 62.7 cm³/mol. The number of aliphatic hydroxyl groups is 3. The summed E-state index contributed by atoms with van der Waals surface area (Å²) in [5.41, 5.74) is 1.05. The first-order valence-corrected chi connectivity index (χ1v) is 6.13. The summed E-state index contributed by atoms with van der Waals surface area (Å²) >= 11 is 3.31. The second-order valence-corrected chi connectivity index (χ2v) is 5.01. The van der Waals surface area contributed by atoms with Gasteiger partial charge in [-0.05, 0) is 28.8 Å². The maximum atomic E-state index is 8.90. The average molecular weight is 316 g/mol. The Labute approximate surface area is 110 Å². The van der Waals surface area contributed by atoms with Gasteiger partial charge in [0.2, 0.25) is 0 Å². The molecule has 1 aliphatic rings. The molecule has 0 amide bonds. The van der Waals surface area contributed by atoms with Gasteiger partial charge < -0.3 is 20.1 Å². The van der Waals surface area contributed by atoms with Crippen molar-refractivity contribution in [2.24, 2.45) is 0 Å². The number of aromatic nitrogens is 3. The minimum Gasteiger partial charge on any atom is -0.415 e. The molecule has 0 aromatic carbocycles. The quantitative estimate of drug-likeness (QED) is 0.706. The maximum absolute atomic E-state index is 8.90. The van der Waals surface area contributed by atoms with Crippen molar-refractivity contribution >= 4 is 21.6 Å². The molecule has 2 aromatic rings. The highest BCUT2D eigenvalue weighted by atomic mass is 79.9. The Balaban J connectivity index is 2.12. The number of imidazole rings is 1. The van der Waals surface area contributed by atoms with Crippen molar-refractivity contribution in [1.82, 2.24) is 14.6 Å². The third-order valence-electron chi connectivity index (χ3n) is 2.65. The van der Waals surface area contributed by atoms with Crippen LogP contribution in [0.2, 0.25) is 0 Å². The van der Waals surface area contributed by atoms with E-state index in [0.29, 0.717) is 15.9 Å². The number of hydrogen-bond donors (Lipinski definition) is 3. The van der Waals surface area contributed by atoms with Gasteiger partial charge in [-0.1, -0.05) is 0 Å². The van der Waals surface area contributed by atoms with E-state index in [9.17, 15) is 0 Å². The molecule has 8 heteroatoms. The smallest absolute Gasteiger partial charge is 0.415 e. The van der Waals surface area contributed by atoms with Gasteiger partial charge in [0.05, 0.1) is 6.20 Å². The van der Waals surface area contributed by atoms with E-state index < -0.39 is 6.16 Å². The molecule has 2 aromatic heterocycles. The van der Waals surface area contributed by atoms with Crippen LogP contribution in [0.5, 0.6) is 5.75 Å². The number of halogens is 1. The molecule has 1 saturated carbocycles. The van der Waals surface area contributed by atoms with Crippen LogP contribution in [0.3, 0.4) is 0 Å². The fraction of sp³-hybridized carbons (Fsp3) is 0.400. The zero-order valence-corrected chi connectivity index (χ0v) is 10.7. The number of fused-ring (bicyclic) bond motifs is 1. The Hall–Kier alpha value is -1.22. The molecule has 0 radical (unpaired) electrons. The summed E-state index contributed by atoms with van der Waals surface area (Å²) in [6.45, 7) is 0. The molecule has 1 fully saturated rings. The molecule has 0 unspecified atom stereocenters. The Morgan fingerprint density at radius 1 is 1.39 bits per heavy atom. The SMILES string of the molecule is OC(O)(O)Oc1cc2ncc(Br)n2nc1C1CC1. The van der Waals surface area contributed by atoms with Crippen LogP contribution in [0.25, 0.3) is 5.65 Å². The van der Waals surface area contributed by atoms with E-state index in [0.717, 1.165) is 12.8 Å². The molecule has 0 aliphatic heterocycles. The van der Waals surface area contributed by atoms with Gasteiger partial charge in [0, 0.05) is 12.0 Å². The molecule has 18 heavy (non-hydrogen) atoms. The molecule has 0 bridgehead atoms. The molecule has 0 atom stereocenters. The molecule has 3 rings (SSSR count). The molecule has 2 heterocycles. The van der Waals surface area contributed by atoms with Crippen molar-refractivity contribution in [2.45, 2.75) is 24.9 Å². The standard InChI is InChI=1S/C10H10BrN3O4/c11-7-4-12-8-3-6(18-10(15,16)17)9(5-1-2-5)13-14(7)8/h3-5,15-17H,1-2H2. The lowest BCUT2D eigenvalue weighted by Gasteiger charge is -2.17. The molecule has 0 spiro atoms. The molecule has 1 aliphatic carbocycles. The number of hydrogen-bond acceptors (Lipinski definition) is 6. The Bertz CT molecular complexity index is 603. The van der Waals surface area contributed by atoms with E-state index >= 15 is 0 Å². The molecular formula is C10H10BrN3O4. The van der Waals surface area contributed by atoms with Crippen LogP contribution >= 0.6 is 15.9 Å². The van der Waals surface area contributed by atoms with Crippen LogP contribution in [0.4, 0.5) is 0 Å². The van der Waals surface area contributed by atoms with Crippen LogP contribution in [-0.2, 0) is 0 Å². The zero-order chi connectivity index (χ0) is 12.9. The van der Waals surface area contributed by atoms with Crippen molar-refractivity contribution < 1.29 is 20.1 Å². The summed E-state index contributed by atoms with van der Waals surface area (Å²) in [4.78, 5) is 4.06. The second-order valence-electron chi connectivity index (χ2n) is 4.19. The van der Waals surface area contributed by atoms with Gasteiger partial charge in [0.1, 0.15) is 10.3 Å². The third-order valence-corrected chi connectivity index (χ3v) is 3.19. The van der Waals surface area contributed by atoms with Gasteiger partial charge in [0.25, 0.3) is 0 Å². The van der Waals surface area contributed by atoms with Gasteiger partial charge >= 0.3 is 6.16 Å². The van der Waals surface area contributed by atoms with Crippen molar-refractivity contribution in [3.63, 3.8) is 0 Å². The Morgan fingerprint density at radius 2 is 2.11 bits per heavy atom. The summed E-state index contributed by atoms with van der Waals surface area (Å²) in [5.74, 6) is 0.330. The van der Waals surface area contributed by atoms with Crippen molar-refractivity contribution in [3.05, 3.63) is 22.6 Å². The molecular weight excluding hydrogens is 306 g/mol. The average Bonchev–Trinajstić information content (AvgIpc) is 3.03. The van der Waals surface area contributed by atoms with Crippen LogP contribution in [0.15, 0.2) is 16.9 Å².